The van der Waals surface area contributed by atoms with E-state index in [4.69, 9.17) is 18.9 Å². The van der Waals surface area contributed by atoms with Gasteiger partial charge in [0.05, 0.1) is 34.4 Å². The lowest BCUT2D eigenvalue weighted by molar-refractivity contribution is -0.870. The molecular formula is C90H166NO8+. The Kier molecular flexibility index (Phi) is 77.8. The summed E-state index contributed by atoms with van der Waals surface area (Å²) in [5, 5.41) is 9.79. The minimum absolute atomic E-state index is 0.178. The number of carbonyl (C=O) groups is 3. The molecule has 2 unspecified atom stereocenters. The molecule has 99 heavy (non-hydrogen) atoms. The van der Waals surface area contributed by atoms with E-state index in [1.54, 1.807) is 0 Å². The highest BCUT2D eigenvalue weighted by molar-refractivity contribution is 5.71. The number of likely N-dealkylation sites (N-methyl/N-ethyl adjacent to an activating group) is 1. The average Bonchev–Trinajstić information content (AvgIpc) is 2.62. The van der Waals surface area contributed by atoms with E-state index in [0.717, 1.165) is 64.2 Å². The topological polar surface area (TPSA) is 108 Å². The first-order valence-corrected chi connectivity index (χ1v) is 43.1. The molecule has 9 heteroatoms. The van der Waals surface area contributed by atoms with Crippen LogP contribution < -0.4 is 0 Å². The highest BCUT2D eigenvalue weighted by atomic mass is 16.7. The van der Waals surface area contributed by atoms with Crippen LogP contribution in [-0.2, 0) is 33.3 Å². The third-order valence-electron chi connectivity index (χ3n) is 19.4. The van der Waals surface area contributed by atoms with Gasteiger partial charge in [-0.3, -0.25) is 9.59 Å². The molecule has 0 saturated carbocycles. The zero-order valence-electron chi connectivity index (χ0n) is 66.4. The lowest BCUT2D eigenvalue weighted by Gasteiger charge is -2.25. The minimum Gasteiger partial charge on any atom is -0.477 e. The summed E-state index contributed by atoms with van der Waals surface area (Å²) in [6.07, 6.45) is 107. The third-order valence-corrected chi connectivity index (χ3v) is 19.4. The molecule has 2 atom stereocenters. The molecule has 0 rings (SSSR count). The summed E-state index contributed by atoms with van der Waals surface area (Å²) in [5.74, 6) is -1.97. The molecule has 0 aliphatic heterocycles. The van der Waals surface area contributed by atoms with E-state index < -0.39 is 18.4 Å². The number of carboxylic acid groups (broad SMARTS) is 1. The Labute approximate surface area is 615 Å². The van der Waals surface area contributed by atoms with E-state index in [0.29, 0.717) is 17.4 Å². The zero-order valence-corrected chi connectivity index (χ0v) is 66.4. The molecule has 0 aromatic carbocycles. The second-order valence-electron chi connectivity index (χ2n) is 30.5. The van der Waals surface area contributed by atoms with E-state index >= 15 is 0 Å². The molecule has 0 amide bonds. The van der Waals surface area contributed by atoms with Crippen molar-refractivity contribution in [1.29, 1.82) is 0 Å². The van der Waals surface area contributed by atoms with E-state index in [2.05, 4.69) is 86.8 Å². The second-order valence-corrected chi connectivity index (χ2v) is 30.5. The first kappa shape index (κ1) is 95.7. The molecular weight excluding hydrogens is 1220 g/mol. The summed E-state index contributed by atoms with van der Waals surface area (Å²) in [6, 6.07) is 0. The molecule has 0 bridgehead atoms. The predicted molar refractivity (Wildman–Crippen MR) is 429 cm³/mol. The largest absolute Gasteiger partial charge is 0.477 e. The summed E-state index contributed by atoms with van der Waals surface area (Å²) in [7, 11) is 6.00. The van der Waals surface area contributed by atoms with Gasteiger partial charge in [-0.25, -0.2) is 4.79 Å². The fourth-order valence-corrected chi connectivity index (χ4v) is 12.9. The Morgan fingerprint density at radius 3 is 0.808 bits per heavy atom. The number of quaternary nitrogens is 1. The Bertz CT molecular complexity index is 1860. The lowest BCUT2D eigenvalue weighted by atomic mass is 10.0. The maximum Gasteiger partial charge on any atom is 0.361 e. The number of nitrogens with zero attached hydrogens (tertiary/aromatic N) is 1. The van der Waals surface area contributed by atoms with Crippen LogP contribution in [0, 0.1) is 0 Å². The minimum atomic E-state index is -1.51. The van der Waals surface area contributed by atoms with Crippen molar-refractivity contribution in [3.8, 4) is 0 Å². The number of carbonyl (C=O) groups excluding carboxylic acids is 2. The van der Waals surface area contributed by atoms with Crippen molar-refractivity contribution in [2.24, 2.45) is 0 Å². The second kappa shape index (κ2) is 80.4. The quantitative estimate of drug-likeness (QED) is 0.0211. The fraction of sp³-hybridized carbons (Fsp3) is 0.833. The van der Waals surface area contributed by atoms with Gasteiger partial charge in [0.1, 0.15) is 13.2 Å². The van der Waals surface area contributed by atoms with E-state index in [1.807, 2.05) is 21.1 Å². The van der Waals surface area contributed by atoms with E-state index in [9.17, 15) is 19.5 Å². The molecule has 0 aromatic heterocycles. The Morgan fingerprint density at radius 1 is 0.303 bits per heavy atom. The number of allylic oxidation sites excluding steroid dienone is 12. The van der Waals surface area contributed by atoms with Crippen LogP contribution in [-0.4, -0.2) is 87.4 Å². The van der Waals surface area contributed by atoms with Gasteiger partial charge in [-0.15, -0.1) is 0 Å². The van der Waals surface area contributed by atoms with Gasteiger partial charge in [-0.05, 0) is 89.9 Å². The first-order valence-electron chi connectivity index (χ1n) is 43.1. The van der Waals surface area contributed by atoms with Gasteiger partial charge < -0.3 is 28.5 Å². The van der Waals surface area contributed by atoms with Crippen molar-refractivity contribution in [1.82, 2.24) is 0 Å². The number of esters is 2. The summed E-state index contributed by atoms with van der Waals surface area (Å²) in [4.78, 5) is 37.8. The van der Waals surface area contributed by atoms with E-state index in [-0.39, 0.29) is 38.2 Å². The molecule has 0 spiro atoms. The van der Waals surface area contributed by atoms with Gasteiger partial charge in [0.15, 0.2) is 6.10 Å². The van der Waals surface area contributed by atoms with Crippen LogP contribution in [0.5, 0.6) is 0 Å². The molecule has 0 aliphatic rings. The fourth-order valence-electron chi connectivity index (χ4n) is 12.9. The highest BCUT2D eigenvalue weighted by Crippen LogP contribution is 2.20. The smallest absolute Gasteiger partial charge is 0.361 e. The Hall–Kier alpha value is -3.27. The highest BCUT2D eigenvalue weighted by Gasteiger charge is 2.25. The van der Waals surface area contributed by atoms with Crippen molar-refractivity contribution in [3.63, 3.8) is 0 Å². The Balaban J connectivity index is 3.94. The van der Waals surface area contributed by atoms with Crippen LogP contribution in [0.3, 0.4) is 0 Å². The van der Waals surface area contributed by atoms with Crippen LogP contribution in [0.15, 0.2) is 72.9 Å². The monoisotopic (exact) mass is 1390 g/mol. The summed E-state index contributed by atoms with van der Waals surface area (Å²) >= 11 is 0. The average molecular weight is 1390 g/mol. The SMILES string of the molecule is CCCCCCC/C=C\C/C=C\C/C=C\CCCCCCCCCCCCCCCCCCCCCCCCCCCCC(=O)OC(COC(=O)CCCCCCCCCCCCCCCCCCCC/C=C\C/C=C\C/C=C\CCCCCCC)COC(OCC[N+](C)(C)C)C(=O)O. The maximum absolute atomic E-state index is 13.0. The van der Waals surface area contributed by atoms with Gasteiger partial charge in [0.25, 0.3) is 6.29 Å². The first-order chi connectivity index (χ1) is 48.6. The molecule has 9 nitrogen and oxygen atoms in total. The number of aliphatic carboxylic acids is 1. The van der Waals surface area contributed by atoms with Gasteiger partial charge in [-0.1, -0.05) is 395 Å². The standard InChI is InChI=1S/C90H165NO8/c1-6-8-10-12-14-16-18-20-22-24-26-28-30-32-34-36-38-40-41-42-43-44-45-46-47-49-51-53-55-57-59-61-63-65-67-69-71-73-75-77-79-81-88(93)99-86(85-98-90(89(94)95)96-83-82-91(3,4)5)84-97-87(92)80-78-76-74-72-70-68-66-64-62-60-58-56-54-52-50-48-39-37-35-33-31-29-27-25-23-21-19-17-15-13-11-9-7-2/h18-21,24-27,30-33,86,90H,6-17,22-23,28-29,34-85H2,1-5H3/p+1/b20-18-,21-19-,26-24-,27-25-,32-30-,33-31-. The van der Waals surface area contributed by atoms with Gasteiger partial charge in [-0.2, -0.15) is 0 Å². The molecule has 0 aromatic rings. The molecule has 0 radical (unpaired) electrons. The van der Waals surface area contributed by atoms with Crippen LogP contribution in [0.2, 0.25) is 0 Å². The molecule has 0 saturated heterocycles. The molecule has 1 N–H and O–H groups in total. The summed E-state index contributed by atoms with van der Waals surface area (Å²) < 4.78 is 23.1. The van der Waals surface area contributed by atoms with Crippen molar-refractivity contribution >= 4 is 17.9 Å². The van der Waals surface area contributed by atoms with Crippen LogP contribution in [0.4, 0.5) is 0 Å². The summed E-state index contributed by atoms with van der Waals surface area (Å²) in [6.45, 7) is 4.92. The van der Waals surface area contributed by atoms with Crippen molar-refractivity contribution in [2.45, 2.75) is 437 Å². The Morgan fingerprint density at radius 2 is 0.545 bits per heavy atom. The molecule has 0 heterocycles. The summed E-state index contributed by atoms with van der Waals surface area (Å²) in [5.41, 5.74) is 0. The number of unbranched alkanes of at least 4 members (excludes halogenated alkanes) is 54. The van der Waals surface area contributed by atoms with Gasteiger partial charge in [0, 0.05) is 12.8 Å². The van der Waals surface area contributed by atoms with Gasteiger partial charge >= 0.3 is 17.9 Å². The molecule has 0 aliphatic carbocycles. The molecule has 578 valence electrons. The van der Waals surface area contributed by atoms with Crippen molar-refractivity contribution in [3.05, 3.63) is 72.9 Å². The van der Waals surface area contributed by atoms with Crippen LogP contribution in [0.25, 0.3) is 0 Å². The number of carboxylic acids is 1. The van der Waals surface area contributed by atoms with Gasteiger partial charge in [0.2, 0.25) is 0 Å². The number of hydrogen-bond acceptors (Lipinski definition) is 7. The predicted octanol–water partition coefficient (Wildman–Crippen LogP) is 27.9. The van der Waals surface area contributed by atoms with Crippen LogP contribution in [0.1, 0.15) is 425 Å². The number of hydrogen-bond donors (Lipinski definition) is 1. The van der Waals surface area contributed by atoms with Crippen molar-refractivity contribution in [2.75, 3.05) is 47.5 Å². The molecule has 0 fully saturated rings. The number of rotatable bonds is 81. The number of ether oxygens (including phenoxy) is 4. The third kappa shape index (κ3) is 81.9. The van der Waals surface area contributed by atoms with E-state index in [1.165, 1.54) is 334 Å². The normalized spacial score (nSPS) is 12.9. The maximum atomic E-state index is 13.0. The van der Waals surface area contributed by atoms with Crippen LogP contribution >= 0.6 is 0 Å². The van der Waals surface area contributed by atoms with Crippen molar-refractivity contribution < 1.29 is 42.9 Å². The lowest BCUT2D eigenvalue weighted by Crippen LogP contribution is -2.40. The zero-order chi connectivity index (χ0) is 71.8.